The van der Waals surface area contributed by atoms with Crippen LogP contribution in [0.3, 0.4) is 0 Å². The molecule has 6 heteroatoms. The SMILES string of the molecule is C=C/C(=C\C(=C)C)C(=O)Nc1ccc(F)c(C(F)(F)F)c1. The second-order valence-corrected chi connectivity index (χ2v) is 4.30. The average Bonchev–Trinajstić information content (AvgIpc) is 2.36. The number of nitrogens with one attached hydrogen (secondary N) is 1. The van der Waals surface area contributed by atoms with Crippen molar-refractivity contribution >= 4 is 11.6 Å². The van der Waals surface area contributed by atoms with Gasteiger partial charge in [0.15, 0.2) is 0 Å². The van der Waals surface area contributed by atoms with E-state index in [1.54, 1.807) is 6.92 Å². The van der Waals surface area contributed by atoms with Crippen LogP contribution >= 0.6 is 0 Å². The van der Waals surface area contributed by atoms with Crippen molar-refractivity contribution < 1.29 is 22.4 Å². The summed E-state index contributed by atoms with van der Waals surface area (Å²) in [5.41, 5.74) is -0.886. The van der Waals surface area contributed by atoms with Gasteiger partial charge in [-0.2, -0.15) is 13.2 Å². The van der Waals surface area contributed by atoms with E-state index in [0.29, 0.717) is 17.7 Å². The fraction of sp³-hybridized carbons (Fsp3) is 0.133. The smallest absolute Gasteiger partial charge is 0.322 e. The summed E-state index contributed by atoms with van der Waals surface area (Å²) in [6.07, 6.45) is -2.16. The highest BCUT2D eigenvalue weighted by atomic mass is 19.4. The van der Waals surface area contributed by atoms with Crippen LogP contribution in [0.5, 0.6) is 0 Å². The van der Waals surface area contributed by atoms with Gasteiger partial charge in [-0.1, -0.05) is 24.8 Å². The topological polar surface area (TPSA) is 29.1 Å². The highest BCUT2D eigenvalue weighted by Crippen LogP contribution is 2.33. The van der Waals surface area contributed by atoms with Crippen LogP contribution in [0.15, 0.2) is 54.7 Å². The van der Waals surface area contributed by atoms with Crippen LogP contribution in [-0.4, -0.2) is 5.91 Å². The molecule has 0 bridgehead atoms. The Morgan fingerprint density at radius 2 is 1.95 bits per heavy atom. The van der Waals surface area contributed by atoms with Gasteiger partial charge in [-0.15, -0.1) is 0 Å². The summed E-state index contributed by atoms with van der Waals surface area (Å²) >= 11 is 0. The molecule has 0 fully saturated rings. The van der Waals surface area contributed by atoms with Crippen LogP contribution in [0.1, 0.15) is 12.5 Å². The molecule has 0 aliphatic rings. The van der Waals surface area contributed by atoms with Gasteiger partial charge >= 0.3 is 6.18 Å². The number of amides is 1. The van der Waals surface area contributed by atoms with E-state index in [9.17, 15) is 22.4 Å². The second kappa shape index (κ2) is 6.39. The summed E-state index contributed by atoms with van der Waals surface area (Å²) in [5.74, 6) is -2.06. The van der Waals surface area contributed by atoms with Crippen LogP contribution in [0.2, 0.25) is 0 Å². The Labute approximate surface area is 119 Å². The Bertz CT molecular complexity index is 615. The van der Waals surface area contributed by atoms with Crippen LogP contribution in [-0.2, 0) is 11.0 Å². The fourth-order valence-corrected chi connectivity index (χ4v) is 1.51. The molecule has 21 heavy (non-hydrogen) atoms. The van der Waals surface area contributed by atoms with Crippen LogP contribution in [0.25, 0.3) is 0 Å². The third-order valence-electron chi connectivity index (χ3n) is 2.41. The molecule has 112 valence electrons. The van der Waals surface area contributed by atoms with E-state index in [1.165, 1.54) is 12.2 Å². The third-order valence-corrected chi connectivity index (χ3v) is 2.41. The molecule has 1 N–H and O–H groups in total. The van der Waals surface area contributed by atoms with Gasteiger partial charge in [0, 0.05) is 11.3 Å². The molecule has 1 amide bonds. The highest BCUT2D eigenvalue weighted by Gasteiger charge is 2.34. The lowest BCUT2D eigenvalue weighted by atomic mass is 10.1. The van der Waals surface area contributed by atoms with Crippen molar-refractivity contribution in [2.45, 2.75) is 13.1 Å². The second-order valence-electron chi connectivity index (χ2n) is 4.30. The third kappa shape index (κ3) is 4.59. The molecule has 0 unspecified atom stereocenters. The normalized spacial score (nSPS) is 12.0. The predicted octanol–water partition coefficient (Wildman–Crippen LogP) is 4.47. The summed E-state index contributed by atoms with van der Waals surface area (Å²) in [7, 11) is 0. The number of benzene rings is 1. The maximum Gasteiger partial charge on any atom is 0.419 e. The molecule has 0 heterocycles. The van der Waals surface area contributed by atoms with E-state index in [-0.39, 0.29) is 11.3 Å². The van der Waals surface area contributed by atoms with Crippen molar-refractivity contribution in [3.63, 3.8) is 0 Å². The van der Waals surface area contributed by atoms with E-state index in [2.05, 4.69) is 18.5 Å². The Balaban J connectivity index is 3.07. The number of hydrogen-bond acceptors (Lipinski definition) is 1. The standard InChI is InChI=1S/C15H13F4NO/c1-4-10(7-9(2)3)14(21)20-11-5-6-13(16)12(8-11)15(17,18)19/h4-8H,1-2H2,3H3,(H,20,21)/b10-7+. The molecule has 1 aromatic rings. The van der Waals surface area contributed by atoms with Crippen LogP contribution in [0.4, 0.5) is 23.2 Å². The molecule has 1 aromatic carbocycles. The first-order chi connectivity index (χ1) is 9.65. The van der Waals surface area contributed by atoms with Crippen molar-refractivity contribution in [1.29, 1.82) is 0 Å². The number of carbonyl (C=O) groups excluding carboxylic acids is 1. The molecule has 0 aliphatic heterocycles. The first kappa shape index (κ1) is 16.7. The number of halogens is 4. The number of rotatable bonds is 4. The summed E-state index contributed by atoms with van der Waals surface area (Å²) in [4.78, 5) is 11.9. The number of alkyl halides is 3. The van der Waals surface area contributed by atoms with Crippen molar-refractivity contribution in [2.75, 3.05) is 5.32 Å². The zero-order chi connectivity index (χ0) is 16.2. The lowest BCUT2D eigenvalue weighted by molar-refractivity contribution is -0.140. The van der Waals surface area contributed by atoms with Crippen molar-refractivity contribution in [1.82, 2.24) is 0 Å². The molecule has 0 atom stereocenters. The zero-order valence-corrected chi connectivity index (χ0v) is 11.2. The van der Waals surface area contributed by atoms with E-state index >= 15 is 0 Å². The minimum absolute atomic E-state index is 0.139. The first-order valence-electron chi connectivity index (χ1n) is 5.83. The largest absolute Gasteiger partial charge is 0.419 e. The highest BCUT2D eigenvalue weighted by molar-refractivity contribution is 6.06. The molecule has 0 radical (unpaired) electrons. The van der Waals surface area contributed by atoms with Gasteiger partial charge in [0.2, 0.25) is 0 Å². The van der Waals surface area contributed by atoms with Gasteiger partial charge in [-0.05, 0) is 31.2 Å². The van der Waals surface area contributed by atoms with E-state index in [4.69, 9.17) is 0 Å². The number of carbonyl (C=O) groups is 1. The number of hydrogen-bond donors (Lipinski definition) is 1. The van der Waals surface area contributed by atoms with Crippen LogP contribution < -0.4 is 5.32 Å². The molecule has 1 rings (SSSR count). The first-order valence-corrected chi connectivity index (χ1v) is 5.83. The zero-order valence-electron chi connectivity index (χ0n) is 11.2. The maximum absolute atomic E-state index is 13.1. The van der Waals surface area contributed by atoms with Gasteiger partial charge in [0.1, 0.15) is 5.82 Å². The number of anilines is 1. The minimum atomic E-state index is -4.83. The number of allylic oxidation sites excluding steroid dienone is 2. The van der Waals surface area contributed by atoms with Gasteiger partial charge in [-0.3, -0.25) is 4.79 Å². The Hall–Kier alpha value is -2.37. The van der Waals surface area contributed by atoms with Gasteiger partial charge in [-0.25, -0.2) is 4.39 Å². The lowest BCUT2D eigenvalue weighted by Crippen LogP contribution is -2.15. The van der Waals surface area contributed by atoms with Gasteiger partial charge in [0.25, 0.3) is 5.91 Å². The summed E-state index contributed by atoms with van der Waals surface area (Å²) in [6, 6.07) is 2.23. The van der Waals surface area contributed by atoms with Crippen LogP contribution in [0, 0.1) is 5.82 Å². The van der Waals surface area contributed by atoms with E-state index < -0.39 is 23.5 Å². The van der Waals surface area contributed by atoms with Crippen molar-refractivity contribution in [3.8, 4) is 0 Å². The molecule has 0 saturated heterocycles. The summed E-state index contributed by atoms with van der Waals surface area (Å²) < 4.78 is 50.8. The fourth-order valence-electron chi connectivity index (χ4n) is 1.51. The Kier molecular flexibility index (Phi) is 5.07. The quantitative estimate of drug-likeness (QED) is 0.496. The lowest BCUT2D eigenvalue weighted by Gasteiger charge is -2.11. The summed E-state index contributed by atoms with van der Waals surface area (Å²) in [5, 5.41) is 2.25. The Morgan fingerprint density at radius 1 is 1.33 bits per heavy atom. The van der Waals surface area contributed by atoms with Crippen molar-refractivity contribution in [2.24, 2.45) is 0 Å². The van der Waals surface area contributed by atoms with E-state index in [1.807, 2.05) is 0 Å². The van der Waals surface area contributed by atoms with E-state index in [0.717, 1.165) is 6.07 Å². The molecule has 0 aromatic heterocycles. The predicted molar refractivity (Wildman–Crippen MR) is 73.1 cm³/mol. The molecular weight excluding hydrogens is 286 g/mol. The molecule has 0 saturated carbocycles. The maximum atomic E-state index is 13.1. The molecule has 0 spiro atoms. The molecular formula is C15H13F4NO. The van der Waals surface area contributed by atoms with Crippen molar-refractivity contribution in [3.05, 3.63) is 66.0 Å². The summed E-state index contributed by atoms with van der Waals surface area (Å²) in [6.45, 7) is 8.67. The Morgan fingerprint density at radius 3 is 2.43 bits per heavy atom. The average molecular weight is 299 g/mol. The van der Waals surface area contributed by atoms with Gasteiger partial charge < -0.3 is 5.32 Å². The minimum Gasteiger partial charge on any atom is -0.322 e. The van der Waals surface area contributed by atoms with Gasteiger partial charge in [0.05, 0.1) is 5.56 Å². The molecule has 2 nitrogen and oxygen atoms in total. The monoisotopic (exact) mass is 299 g/mol. The molecule has 0 aliphatic carbocycles.